The largest absolute Gasteiger partial charge is 0.480 e. The van der Waals surface area contributed by atoms with Crippen LogP contribution in [0.5, 0.6) is 0 Å². The molecule has 0 aliphatic rings. The maximum Gasteiger partial charge on any atom is 0.321 e. The highest BCUT2D eigenvalue weighted by atomic mass is 32.2. The third-order valence-electron chi connectivity index (χ3n) is 2.53. The summed E-state index contributed by atoms with van der Waals surface area (Å²) in [5, 5.41) is 8.87. The van der Waals surface area contributed by atoms with Gasteiger partial charge >= 0.3 is 5.97 Å². The van der Waals surface area contributed by atoms with Crippen LogP contribution in [0.3, 0.4) is 0 Å². The molecule has 0 aliphatic carbocycles. The van der Waals surface area contributed by atoms with Gasteiger partial charge in [-0.25, -0.2) is 0 Å². The number of rotatable bonds is 6. The van der Waals surface area contributed by atoms with Crippen LogP contribution in [0, 0.1) is 0 Å². The van der Waals surface area contributed by atoms with Gasteiger partial charge in [-0.05, 0) is 34.1 Å². The lowest BCUT2D eigenvalue weighted by atomic mass is 10.1. The quantitative estimate of drug-likeness (QED) is 0.757. The molecule has 0 spiro atoms. The van der Waals surface area contributed by atoms with Crippen LogP contribution in [0.1, 0.15) is 34.1 Å². The Balaban J connectivity index is 4.34. The van der Waals surface area contributed by atoms with Gasteiger partial charge < -0.3 is 9.84 Å². The van der Waals surface area contributed by atoms with Crippen molar-refractivity contribution in [3.05, 3.63) is 0 Å². The molecule has 0 heterocycles. The minimum Gasteiger partial charge on any atom is -0.480 e. The Labute approximate surface area is 93.5 Å². The number of aliphatic carboxylic acids is 1. The van der Waals surface area contributed by atoms with Gasteiger partial charge in [-0.3, -0.25) is 9.00 Å². The number of ether oxygens (including phenoxy) is 1. The van der Waals surface area contributed by atoms with Crippen molar-refractivity contribution in [1.82, 2.24) is 0 Å². The van der Waals surface area contributed by atoms with Crippen LogP contribution in [-0.4, -0.2) is 38.5 Å². The fraction of sp³-hybridized carbons (Fsp3) is 0.900. The summed E-state index contributed by atoms with van der Waals surface area (Å²) in [6.07, 6.45) is 0.576. The molecule has 1 atom stereocenters. The highest BCUT2D eigenvalue weighted by Gasteiger charge is 2.35. The monoisotopic (exact) mass is 236 g/mol. The molecule has 0 aromatic rings. The van der Waals surface area contributed by atoms with Gasteiger partial charge in [-0.2, -0.15) is 0 Å². The average molecular weight is 236 g/mol. The number of carbonyl (C=O) groups is 1. The van der Waals surface area contributed by atoms with E-state index in [-0.39, 0.29) is 5.60 Å². The minimum absolute atomic E-state index is 0.333. The van der Waals surface area contributed by atoms with E-state index in [4.69, 9.17) is 9.84 Å². The lowest BCUT2D eigenvalue weighted by Gasteiger charge is -2.25. The molecule has 4 nitrogen and oxygen atoms in total. The number of methoxy groups -OCH3 is 1. The Hall–Kier alpha value is -0.420. The second-order valence-electron chi connectivity index (χ2n) is 4.58. The molecule has 0 saturated heterocycles. The van der Waals surface area contributed by atoms with Gasteiger partial charge in [-0.1, -0.05) is 0 Å². The van der Waals surface area contributed by atoms with Crippen LogP contribution in [0.2, 0.25) is 0 Å². The van der Waals surface area contributed by atoms with Crippen LogP contribution in [-0.2, 0) is 20.3 Å². The Bertz CT molecular complexity index is 258. The van der Waals surface area contributed by atoms with E-state index in [0.29, 0.717) is 12.2 Å². The first-order valence-corrected chi connectivity index (χ1v) is 6.12. The molecular formula is C10H20O4S. The van der Waals surface area contributed by atoms with Gasteiger partial charge in [0.2, 0.25) is 0 Å². The summed E-state index contributed by atoms with van der Waals surface area (Å²) in [4.78, 5) is 10.8. The van der Waals surface area contributed by atoms with E-state index >= 15 is 0 Å². The van der Waals surface area contributed by atoms with Crippen LogP contribution in [0.25, 0.3) is 0 Å². The first kappa shape index (κ1) is 14.6. The topological polar surface area (TPSA) is 63.6 Å². The predicted octanol–water partition coefficient (Wildman–Crippen LogP) is 1.41. The van der Waals surface area contributed by atoms with Crippen molar-refractivity contribution in [3.8, 4) is 0 Å². The molecule has 0 amide bonds. The number of hydrogen-bond acceptors (Lipinski definition) is 3. The molecule has 0 aromatic heterocycles. The predicted molar refractivity (Wildman–Crippen MR) is 60.4 cm³/mol. The van der Waals surface area contributed by atoms with Gasteiger partial charge in [0, 0.05) is 23.7 Å². The summed E-state index contributed by atoms with van der Waals surface area (Å²) in [7, 11) is 0.200. The average Bonchev–Trinajstić information content (AvgIpc) is 2.14. The van der Waals surface area contributed by atoms with Crippen molar-refractivity contribution < 1.29 is 18.8 Å². The summed E-state index contributed by atoms with van der Waals surface area (Å²) in [5.74, 6) is -0.698. The van der Waals surface area contributed by atoms with E-state index in [1.807, 2.05) is 13.8 Å². The van der Waals surface area contributed by atoms with Gasteiger partial charge in [0.1, 0.15) is 4.75 Å². The third kappa shape index (κ3) is 4.30. The fourth-order valence-electron chi connectivity index (χ4n) is 0.793. The second-order valence-corrected chi connectivity index (χ2v) is 6.70. The van der Waals surface area contributed by atoms with Gasteiger partial charge in [0.15, 0.2) is 0 Å². The van der Waals surface area contributed by atoms with Crippen LogP contribution >= 0.6 is 0 Å². The third-order valence-corrected chi connectivity index (χ3v) is 4.41. The lowest BCUT2D eigenvalue weighted by molar-refractivity contribution is -0.139. The van der Waals surface area contributed by atoms with E-state index in [2.05, 4.69) is 0 Å². The molecule has 0 bridgehead atoms. The zero-order chi connectivity index (χ0) is 12.3. The van der Waals surface area contributed by atoms with Crippen molar-refractivity contribution in [3.63, 3.8) is 0 Å². The zero-order valence-corrected chi connectivity index (χ0v) is 10.8. The first-order valence-electron chi connectivity index (χ1n) is 4.80. The molecule has 90 valence electrons. The van der Waals surface area contributed by atoms with Crippen molar-refractivity contribution in [2.75, 3.05) is 12.9 Å². The van der Waals surface area contributed by atoms with E-state index in [1.165, 1.54) is 13.8 Å². The summed E-state index contributed by atoms with van der Waals surface area (Å²) in [6, 6.07) is 0. The number of hydrogen-bond donors (Lipinski definition) is 1. The summed E-state index contributed by atoms with van der Waals surface area (Å²) in [6.45, 7) is 6.73. The van der Waals surface area contributed by atoms with Crippen LogP contribution in [0.4, 0.5) is 0 Å². The summed E-state index contributed by atoms with van der Waals surface area (Å²) >= 11 is 0. The van der Waals surface area contributed by atoms with Gasteiger partial charge in [0.05, 0.1) is 5.60 Å². The Kier molecular flexibility index (Phi) is 4.93. The maximum atomic E-state index is 11.7. The first-order chi connectivity index (χ1) is 6.63. The fourth-order valence-corrected chi connectivity index (χ4v) is 2.18. The summed E-state index contributed by atoms with van der Waals surface area (Å²) < 4.78 is 15.7. The van der Waals surface area contributed by atoms with Crippen molar-refractivity contribution >= 4 is 16.8 Å². The highest BCUT2D eigenvalue weighted by Crippen LogP contribution is 2.19. The molecule has 15 heavy (non-hydrogen) atoms. The van der Waals surface area contributed by atoms with E-state index < -0.39 is 21.5 Å². The van der Waals surface area contributed by atoms with Crippen LogP contribution < -0.4 is 0 Å². The molecule has 0 fully saturated rings. The molecular weight excluding hydrogens is 216 g/mol. The Morgan fingerprint density at radius 1 is 1.33 bits per heavy atom. The highest BCUT2D eigenvalue weighted by molar-refractivity contribution is 7.87. The van der Waals surface area contributed by atoms with E-state index in [1.54, 1.807) is 7.11 Å². The Morgan fingerprint density at radius 2 is 1.80 bits per heavy atom. The van der Waals surface area contributed by atoms with E-state index in [0.717, 1.165) is 0 Å². The molecule has 0 aromatic carbocycles. The van der Waals surface area contributed by atoms with Crippen molar-refractivity contribution in [2.45, 2.75) is 44.5 Å². The number of carboxylic acid groups (broad SMARTS) is 1. The molecule has 0 radical (unpaired) electrons. The standard InChI is InChI=1S/C10H20O4S/c1-9(2,14-5)6-7-15(13)10(3,4)8(11)12/h6-7H2,1-5H3,(H,11,12). The lowest BCUT2D eigenvalue weighted by Crippen LogP contribution is -2.39. The van der Waals surface area contributed by atoms with E-state index in [9.17, 15) is 9.00 Å². The normalized spacial score (nSPS) is 15.0. The van der Waals surface area contributed by atoms with Crippen LogP contribution in [0.15, 0.2) is 0 Å². The maximum absolute atomic E-state index is 11.7. The zero-order valence-electron chi connectivity index (χ0n) is 9.99. The smallest absolute Gasteiger partial charge is 0.321 e. The van der Waals surface area contributed by atoms with Crippen molar-refractivity contribution in [2.24, 2.45) is 0 Å². The molecule has 0 aliphatic heterocycles. The molecule has 1 unspecified atom stereocenters. The van der Waals surface area contributed by atoms with Crippen molar-refractivity contribution in [1.29, 1.82) is 0 Å². The molecule has 0 rings (SSSR count). The molecule has 5 heteroatoms. The summed E-state index contributed by atoms with van der Waals surface area (Å²) in [5.41, 5.74) is -0.357. The number of carboxylic acids is 1. The van der Waals surface area contributed by atoms with Gasteiger partial charge in [0.25, 0.3) is 0 Å². The minimum atomic E-state index is -1.39. The SMILES string of the molecule is COC(C)(C)CCS(=O)C(C)(C)C(=O)O. The Morgan fingerprint density at radius 3 is 2.13 bits per heavy atom. The second kappa shape index (κ2) is 5.07. The molecule has 0 saturated carbocycles. The molecule has 1 N–H and O–H groups in total. The van der Waals surface area contributed by atoms with Gasteiger partial charge in [-0.15, -0.1) is 0 Å².